The molecule has 0 aromatic rings. The van der Waals surface area contributed by atoms with Crippen LogP contribution in [0.1, 0.15) is 39.5 Å². The molecule has 2 fully saturated rings. The molecule has 0 spiro atoms. The lowest BCUT2D eigenvalue weighted by molar-refractivity contribution is 0.0556. The minimum atomic E-state index is 0.493. The second-order valence-corrected chi connectivity index (χ2v) is 4.56. The summed E-state index contributed by atoms with van der Waals surface area (Å²) >= 11 is 0. The van der Waals surface area contributed by atoms with Crippen LogP contribution in [0.4, 0.5) is 0 Å². The molecule has 76 valence electrons. The highest BCUT2D eigenvalue weighted by Crippen LogP contribution is 2.33. The Hall–Kier alpha value is -0.0800. The van der Waals surface area contributed by atoms with Gasteiger partial charge in [-0.2, -0.15) is 0 Å². The van der Waals surface area contributed by atoms with E-state index in [2.05, 4.69) is 19.2 Å². The van der Waals surface area contributed by atoms with Crippen molar-refractivity contribution >= 4 is 0 Å². The van der Waals surface area contributed by atoms with E-state index in [0.29, 0.717) is 12.2 Å². The fourth-order valence-corrected chi connectivity index (χ4v) is 2.27. The molecule has 2 aliphatic rings. The first kappa shape index (κ1) is 9.47. The Balaban J connectivity index is 1.59. The highest BCUT2D eigenvalue weighted by Gasteiger charge is 2.35. The van der Waals surface area contributed by atoms with E-state index >= 15 is 0 Å². The van der Waals surface area contributed by atoms with Crippen molar-refractivity contribution in [3.05, 3.63) is 0 Å². The van der Waals surface area contributed by atoms with Crippen molar-refractivity contribution in [3.63, 3.8) is 0 Å². The maximum atomic E-state index is 5.75. The average molecular weight is 183 g/mol. The molecule has 0 amide bonds. The molecule has 4 unspecified atom stereocenters. The van der Waals surface area contributed by atoms with Crippen molar-refractivity contribution in [2.75, 3.05) is 6.54 Å². The fraction of sp³-hybridized carbons (Fsp3) is 1.00. The minimum Gasteiger partial charge on any atom is -0.374 e. The number of hydrogen-bond donors (Lipinski definition) is 1. The second-order valence-electron chi connectivity index (χ2n) is 4.56. The molecule has 1 saturated heterocycles. The molecule has 13 heavy (non-hydrogen) atoms. The predicted molar refractivity (Wildman–Crippen MR) is 53.8 cm³/mol. The van der Waals surface area contributed by atoms with Crippen LogP contribution in [0, 0.1) is 5.92 Å². The summed E-state index contributed by atoms with van der Waals surface area (Å²) in [6, 6.07) is 0.810. The Bertz CT molecular complexity index is 171. The van der Waals surface area contributed by atoms with Crippen LogP contribution >= 0.6 is 0 Å². The molecule has 1 N–H and O–H groups in total. The molecule has 2 heteroatoms. The Morgan fingerprint density at radius 2 is 2.23 bits per heavy atom. The van der Waals surface area contributed by atoms with E-state index in [4.69, 9.17) is 4.74 Å². The van der Waals surface area contributed by atoms with Crippen LogP contribution < -0.4 is 5.32 Å². The van der Waals surface area contributed by atoms with Crippen molar-refractivity contribution in [3.8, 4) is 0 Å². The van der Waals surface area contributed by atoms with Crippen molar-refractivity contribution in [1.82, 2.24) is 5.32 Å². The molecule has 2 nitrogen and oxygen atoms in total. The van der Waals surface area contributed by atoms with Crippen molar-refractivity contribution in [2.45, 2.75) is 57.8 Å². The normalized spacial score (nSPS) is 43.8. The van der Waals surface area contributed by atoms with Gasteiger partial charge in [-0.25, -0.2) is 0 Å². The van der Waals surface area contributed by atoms with Gasteiger partial charge >= 0.3 is 0 Å². The Labute approximate surface area is 81.0 Å². The van der Waals surface area contributed by atoms with Crippen LogP contribution in [0.2, 0.25) is 0 Å². The lowest BCUT2D eigenvalue weighted by atomic mass is 10.2. The van der Waals surface area contributed by atoms with Gasteiger partial charge in [0.15, 0.2) is 0 Å². The molecule has 0 bridgehead atoms. The van der Waals surface area contributed by atoms with Gasteiger partial charge in [-0.3, -0.25) is 0 Å². The Morgan fingerprint density at radius 3 is 2.77 bits per heavy atom. The molecule has 1 saturated carbocycles. The van der Waals surface area contributed by atoms with Crippen LogP contribution in [0.25, 0.3) is 0 Å². The van der Waals surface area contributed by atoms with Gasteiger partial charge in [-0.05, 0) is 32.1 Å². The van der Waals surface area contributed by atoms with E-state index in [1.54, 1.807) is 0 Å². The van der Waals surface area contributed by atoms with Crippen LogP contribution in [0.15, 0.2) is 0 Å². The third kappa shape index (κ3) is 2.44. The molecule has 2 rings (SSSR count). The maximum Gasteiger partial charge on any atom is 0.0704 e. The molecule has 0 aromatic heterocycles. The van der Waals surface area contributed by atoms with Gasteiger partial charge in [0.25, 0.3) is 0 Å². The number of ether oxygens (including phenoxy) is 1. The lowest BCUT2D eigenvalue weighted by Gasteiger charge is -2.11. The molecule has 1 aliphatic heterocycles. The summed E-state index contributed by atoms with van der Waals surface area (Å²) in [6.45, 7) is 5.53. The summed E-state index contributed by atoms with van der Waals surface area (Å²) in [5.41, 5.74) is 0. The van der Waals surface area contributed by atoms with E-state index < -0.39 is 0 Å². The zero-order valence-electron chi connectivity index (χ0n) is 8.75. The maximum absolute atomic E-state index is 5.75. The van der Waals surface area contributed by atoms with E-state index in [-0.39, 0.29) is 0 Å². The van der Waals surface area contributed by atoms with E-state index in [0.717, 1.165) is 18.5 Å². The highest BCUT2D eigenvalue weighted by molar-refractivity contribution is 4.92. The zero-order chi connectivity index (χ0) is 9.26. The first-order valence-electron chi connectivity index (χ1n) is 5.68. The summed E-state index contributed by atoms with van der Waals surface area (Å²) in [7, 11) is 0. The summed E-state index contributed by atoms with van der Waals surface area (Å²) in [6.07, 6.45) is 6.20. The van der Waals surface area contributed by atoms with Gasteiger partial charge in [0.2, 0.25) is 0 Å². The average Bonchev–Trinajstić information content (AvgIpc) is 2.78. The minimum absolute atomic E-state index is 0.493. The summed E-state index contributed by atoms with van der Waals surface area (Å²) < 4.78 is 5.75. The highest BCUT2D eigenvalue weighted by atomic mass is 16.5. The molecule has 0 aromatic carbocycles. The first-order valence-corrected chi connectivity index (χ1v) is 5.68. The monoisotopic (exact) mass is 183 g/mol. The Kier molecular flexibility index (Phi) is 2.89. The topological polar surface area (TPSA) is 21.3 Å². The van der Waals surface area contributed by atoms with Gasteiger partial charge < -0.3 is 10.1 Å². The van der Waals surface area contributed by atoms with Gasteiger partial charge in [-0.1, -0.05) is 13.3 Å². The van der Waals surface area contributed by atoms with Gasteiger partial charge in [-0.15, -0.1) is 0 Å². The molecule has 1 heterocycles. The standard InChI is InChI=1S/C11H21NO/c1-3-9-6-11(9)12-7-10-5-4-8(2)13-10/h8-12H,3-7H2,1-2H3. The third-order valence-corrected chi connectivity index (χ3v) is 3.37. The molecule has 0 radical (unpaired) electrons. The van der Waals surface area contributed by atoms with Gasteiger partial charge in [0.05, 0.1) is 12.2 Å². The quantitative estimate of drug-likeness (QED) is 0.719. The SMILES string of the molecule is CCC1CC1NCC1CCC(C)O1. The van der Waals surface area contributed by atoms with Crippen LogP contribution in [0.5, 0.6) is 0 Å². The number of rotatable bonds is 4. The number of hydrogen-bond acceptors (Lipinski definition) is 2. The summed E-state index contributed by atoms with van der Waals surface area (Å²) in [5.74, 6) is 0.957. The van der Waals surface area contributed by atoms with Crippen LogP contribution in [-0.2, 0) is 4.74 Å². The largest absolute Gasteiger partial charge is 0.374 e. The predicted octanol–water partition coefficient (Wildman–Crippen LogP) is 1.94. The van der Waals surface area contributed by atoms with Crippen LogP contribution in [-0.4, -0.2) is 24.8 Å². The van der Waals surface area contributed by atoms with Crippen molar-refractivity contribution in [1.29, 1.82) is 0 Å². The van der Waals surface area contributed by atoms with Crippen LogP contribution in [0.3, 0.4) is 0 Å². The summed E-state index contributed by atoms with van der Waals surface area (Å²) in [4.78, 5) is 0. The van der Waals surface area contributed by atoms with Gasteiger partial charge in [0.1, 0.15) is 0 Å². The molecule has 4 atom stereocenters. The zero-order valence-corrected chi connectivity index (χ0v) is 8.75. The van der Waals surface area contributed by atoms with E-state index in [1.165, 1.54) is 25.7 Å². The second kappa shape index (κ2) is 3.97. The van der Waals surface area contributed by atoms with E-state index in [1.807, 2.05) is 0 Å². The van der Waals surface area contributed by atoms with Crippen molar-refractivity contribution in [2.24, 2.45) is 5.92 Å². The van der Waals surface area contributed by atoms with Crippen molar-refractivity contribution < 1.29 is 4.74 Å². The Morgan fingerprint density at radius 1 is 1.38 bits per heavy atom. The smallest absolute Gasteiger partial charge is 0.0704 e. The molecule has 1 aliphatic carbocycles. The first-order chi connectivity index (χ1) is 6.29. The number of nitrogens with one attached hydrogen (secondary N) is 1. The third-order valence-electron chi connectivity index (χ3n) is 3.37. The lowest BCUT2D eigenvalue weighted by Crippen LogP contribution is -2.29. The fourth-order valence-electron chi connectivity index (χ4n) is 2.27. The van der Waals surface area contributed by atoms with E-state index in [9.17, 15) is 0 Å². The molecular weight excluding hydrogens is 162 g/mol. The summed E-state index contributed by atoms with van der Waals surface area (Å²) in [5, 5.41) is 3.60. The molecular formula is C11H21NO. The van der Waals surface area contributed by atoms with Gasteiger partial charge in [0, 0.05) is 12.6 Å².